The molecule has 7 heteroatoms. The summed E-state index contributed by atoms with van der Waals surface area (Å²) in [6.45, 7) is 0.258. The van der Waals surface area contributed by atoms with Crippen molar-refractivity contribution in [3.63, 3.8) is 0 Å². The van der Waals surface area contributed by atoms with E-state index in [2.05, 4.69) is 5.32 Å². The number of nitrogens with two attached hydrogens (primary N) is 2. The highest BCUT2D eigenvalue weighted by Gasteiger charge is 2.11. The van der Waals surface area contributed by atoms with Crippen molar-refractivity contribution in [2.24, 2.45) is 10.9 Å². The third kappa shape index (κ3) is 3.66. The van der Waals surface area contributed by atoms with Crippen LogP contribution in [0.5, 0.6) is 0 Å². The number of nitrogens with one attached hydrogen (secondary N) is 1. The van der Waals surface area contributed by atoms with E-state index in [-0.39, 0.29) is 17.3 Å². The fourth-order valence-corrected chi connectivity index (χ4v) is 2.36. The summed E-state index contributed by atoms with van der Waals surface area (Å²) in [5, 5.41) is 7.69. The van der Waals surface area contributed by atoms with Crippen LogP contribution in [0.15, 0.2) is 53.4 Å². The van der Waals surface area contributed by atoms with Gasteiger partial charge in [0.25, 0.3) is 5.91 Å². The molecule has 0 fully saturated rings. The van der Waals surface area contributed by atoms with Crippen LogP contribution in [0.3, 0.4) is 0 Å². The summed E-state index contributed by atoms with van der Waals surface area (Å²) < 4.78 is 22.3. The highest BCUT2D eigenvalue weighted by Crippen LogP contribution is 2.15. The van der Waals surface area contributed by atoms with Gasteiger partial charge in [0.15, 0.2) is 0 Å². The Labute approximate surface area is 122 Å². The van der Waals surface area contributed by atoms with Crippen molar-refractivity contribution in [2.45, 2.75) is 11.4 Å². The first-order valence-electron chi connectivity index (χ1n) is 6.14. The molecule has 21 heavy (non-hydrogen) atoms. The molecule has 0 saturated carbocycles. The number of hydrogen-bond acceptors (Lipinski definition) is 4. The van der Waals surface area contributed by atoms with Gasteiger partial charge in [-0.25, -0.2) is 13.6 Å². The van der Waals surface area contributed by atoms with Crippen LogP contribution in [0.25, 0.3) is 0 Å². The van der Waals surface area contributed by atoms with Crippen LogP contribution < -0.4 is 16.2 Å². The number of carbonyl (C=O) groups is 1. The Balaban J connectivity index is 2.20. The van der Waals surface area contributed by atoms with E-state index in [1.807, 2.05) is 0 Å². The van der Waals surface area contributed by atoms with Gasteiger partial charge in [0, 0.05) is 17.8 Å². The maximum Gasteiger partial charge on any atom is 0.255 e. The molecule has 0 spiro atoms. The van der Waals surface area contributed by atoms with Crippen molar-refractivity contribution in [1.29, 1.82) is 0 Å². The SMILES string of the molecule is NCc1ccccc1C(=O)Nc1ccc(S(N)(=O)=O)cc1. The van der Waals surface area contributed by atoms with Gasteiger partial charge in [0.2, 0.25) is 10.0 Å². The molecule has 5 N–H and O–H groups in total. The summed E-state index contributed by atoms with van der Waals surface area (Å²) in [6, 6.07) is 12.6. The van der Waals surface area contributed by atoms with Gasteiger partial charge in [-0.3, -0.25) is 4.79 Å². The first-order chi connectivity index (χ1) is 9.91. The third-order valence-corrected chi connectivity index (χ3v) is 3.85. The highest BCUT2D eigenvalue weighted by atomic mass is 32.2. The van der Waals surface area contributed by atoms with Gasteiger partial charge in [-0.05, 0) is 35.9 Å². The van der Waals surface area contributed by atoms with Gasteiger partial charge in [0.05, 0.1) is 4.90 Å². The highest BCUT2D eigenvalue weighted by molar-refractivity contribution is 7.89. The molecule has 6 nitrogen and oxygen atoms in total. The lowest BCUT2D eigenvalue weighted by molar-refractivity contribution is 0.102. The molecule has 0 aliphatic carbocycles. The zero-order chi connectivity index (χ0) is 15.5. The van der Waals surface area contributed by atoms with Crippen LogP contribution in [0.2, 0.25) is 0 Å². The monoisotopic (exact) mass is 305 g/mol. The molecule has 0 aliphatic rings. The lowest BCUT2D eigenvalue weighted by atomic mass is 10.1. The number of carbonyl (C=O) groups excluding carboxylic acids is 1. The van der Waals surface area contributed by atoms with E-state index in [1.165, 1.54) is 24.3 Å². The molecular formula is C14H15N3O3S. The van der Waals surface area contributed by atoms with Gasteiger partial charge >= 0.3 is 0 Å². The first-order valence-corrected chi connectivity index (χ1v) is 7.68. The minimum absolute atomic E-state index is 0.0112. The van der Waals surface area contributed by atoms with E-state index < -0.39 is 10.0 Å². The normalized spacial score (nSPS) is 11.1. The predicted octanol–water partition coefficient (Wildman–Crippen LogP) is 1.05. The van der Waals surface area contributed by atoms with Gasteiger partial charge in [-0.15, -0.1) is 0 Å². The molecule has 0 heterocycles. The Hall–Kier alpha value is -2.22. The number of anilines is 1. The van der Waals surface area contributed by atoms with E-state index in [1.54, 1.807) is 24.3 Å². The van der Waals surface area contributed by atoms with Crippen LogP contribution in [-0.4, -0.2) is 14.3 Å². The molecule has 0 aliphatic heterocycles. The fraction of sp³-hybridized carbons (Fsp3) is 0.0714. The van der Waals surface area contributed by atoms with Gasteiger partial charge in [0.1, 0.15) is 0 Å². The van der Waals surface area contributed by atoms with Gasteiger partial charge < -0.3 is 11.1 Å². The predicted molar refractivity (Wildman–Crippen MR) is 80.1 cm³/mol. The van der Waals surface area contributed by atoms with E-state index in [0.29, 0.717) is 11.3 Å². The Bertz CT molecular complexity index is 755. The smallest absolute Gasteiger partial charge is 0.255 e. The van der Waals surface area contributed by atoms with Crippen LogP contribution in [-0.2, 0) is 16.6 Å². The molecule has 1 amide bonds. The minimum atomic E-state index is -3.74. The average molecular weight is 305 g/mol. The van der Waals surface area contributed by atoms with Crippen molar-refractivity contribution >= 4 is 21.6 Å². The molecule has 0 radical (unpaired) electrons. The van der Waals surface area contributed by atoms with Crippen molar-refractivity contribution in [3.05, 3.63) is 59.7 Å². The molecule has 0 bridgehead atoms. The second-order valence-corrected chi connectivity index (χ2v) is 5.95. The molecule has 2 aromatic rings. The molecule has 2 aromatic carbocycles. The lowest BCUT2D eigenvalue weighted by Crippen LogP contribution is -2.16. The second-order valence-electron chi connectivity index (χ2n) is 4.38. The van der Waals surface area contributed by atoms with Crippen molar-refractivity contribution in [2.75, 3.05) is 5.32 Å². The molecule has 0 saturated heterocycles. The summed E-state index contributed by atoms with van der Waals surface area (Å²) >= 11 is 0. The van der Waals surface area contributed by atoms with Crippen LogP contribution in [0.1, 0.15) is 15.9 Å². The Morgan fingerprint density at radius 2 is 1.67 bits per heavy atom. The number of sulfonamides is 1. The van der Waals surface area contributed by atoms with Gasteiger partial charge in [-0.1, -0.05) is 18.2 Å². The second kappa shape index (κ2) is 6.04. The fourth-order valence-electron chi connectivity index (χ4n) is 1.85. The van der Waals surface area contributed by atoms with Gasteiger partial charge in [-0.2, -0.15) is 0 Å². The third-order valence-electron chi connectivity index (χ3n) is 2.92. The number of primary sulfonamides is 1. The molecule has 0 unspecified atom stereocenters. The van der Waals surface area contributed by atoms with Crippen molar-refractivity contribution in [1.82, 2.24) is 0 Å². The molecule has 2 rings (SSSR count). The summed E-state index contributed by atoms with van der Waals surface area (Å²) in [6.07, 6.45) is 0. The van der Waals surface area contributed by atoms with Crippen molar-refractivity contribution < 1.29 is 13.2 Å². The number of rotatable bonds is 4. The maximum atomic E-state index is 12.2. The summed E-state index contributed by atoms with van der Waals surface area (Å²) in [5.74, 6) is -0.306. The van der Waals surface area contributed by atoms with Crippen molar-refractivity contribution in [3.8, 4) is 0 Å². The Morgan fingerprint density at radius 3 is 2.24 bits per heavy atom. The molecule has 0 atom stereocenters. The zero-order valence-corrected chi connectivity index (χ0v) is 11.9. The molecule has 110 valence electrons. The van der Waals surface area contributed by atoms with Crippen LogP contribution >= 0.6 is 0 Å². The standard InChI is InChI=1S/C14H15N3O3S/c15-9-10-3-1-2-4-13(10)14(18)17-11-5-7-12(8-6-11)21(16,19)20/h1-8H,9,15H2,(H,17,18)(H2,16,19,20). The van der Waals surface area contributed by atoms with E-state index in [0.717, 1.165) is 5.56 Å². The number of hydrogen-bond donors (Lipinski definition) is 3. The van der Waals surface area contributed by atoms with Crippen LogP contribution in [0.4, 0.5) is 5.69 Å². The first kappa shape index (κ1) is 15.2. The summed E-state index contributed by atoms with van der Waals surface area (Å²) in [7, 11) is -3.74. The number of amides is 1. The molecular weight excluding hydrogens is 290 g/mol. The quantitative estimate of drug-likeness (QED) is 0.782. The lowest BCUT2D eigenvalue weighted by Gasteiger charge is -2.09. The topological polar surface area (TPSA) is 115 Å². The summed E-state index contributed by atoms with van der Waals surface area (Å²) in [5.41, 5.74) is 7.27. The Kier molecular flexibility index (Phi) is 4.37. The minimum Gasteiger partial charge on any atom is -0.326 e. The number of benzene rings is 2. The Morgan fingerprint density at radius 1 is 1.05 bits per heavy atom. The molecule has 0 aromatic heterocycles. The average Bonchev–Trinajstić information content (AvgIpc) is 2.46. The zero-order valence-electron chi connectivity index (χ0n) is 11.1. The summed E-state index contributed by atoms with van der Waals surface area (Å²) in [4.78, 5) is 12.2. The van der Waals surface area contributed by atoms with E-state index >= 15 is 0 Å². The van der Waals surface area contributed by atoms with Crippen LogP contribution in [0, 0.1) is 0 Å². The van der Waals surface area contributed by atoms with E-state index in [4.69, 9.17) is 10.9 Å². The maximum absolute atomic E-state index is 12.2. The largest absolute Gasteiger partial charge is 0.326 e. The van der Waals surface area contributed by atoms with E-state index in [9.17, 15) is 13.2 Å².